The summed E-state index contributed by atoms with van der Waals surface area (Å²) in [6, 6.07) is 10.6. The minimum absolute atomic E-state index is 0.0532. The number of nitrogens with one attached hydrogen (secondary N) is 1. The number of rotatable bonds is 5. The predicted molar refractivity (Wildman–Crippen MR) is 97.8 cm³/mol. The number of amides is 1. The molecule has 4 rings (SSSR count). The monoisotopic (exact) mass is 372 g/mol. The van der Waals surface area contributed by atoms with Gasteiger partial charge in [-0.05, 0) is 42.2 Å². The molecule has 2 heterocycles. The quantitative estimate of drug-likeness (QED) is 0.871. The van der Waals surface area contributed by atoms with Crippen LogP contribution in [0.25, 0.3) is 0 Å². The Morgan fingerprint density at radius 3 is 2.77 bits per heavy atom. The lowest BCUT2D eigenvalue weighted by Crippen LogP contribution is -2.31. The highest BCUT2D eigenvalue weighted by molar-refractivity contribution is 7.89. The molecule has 0 atom stereocenters. The molecule has 0 aliphatic carbocycles. The first kappa shape index (κ1) is 17.1. The van der Waals surface area contributed by atoms with E-state index >= 15 is 0 Å². The lowest BCUT2D eigenvalue weighted by molar-refractivity contribution is -0.117. The number of sulfonamides is 1. The largest absolute Gasteiger partial charge is 0.496 e. The summed E-state index contributed by atoms with van der Waals surface area (Å²) in [5.74, 6) is 0.693. The standard InChI is InChI=1S/C19H20N2O4S/c1-25-17-7-3-2-5-14(17)12-20-26(23,24)16-9-13-6-4-8-21-18(22)11-15(10-16)19(13)21/h2-3,5,7,9-10,20H,4,6,8,11-12H2,1H3. The predicted octanol–water partition coefficient (Wildman–Crippen LogP) is 2.01. The maximum Gasteiger partial charge on any atom is 0.240 e. The molecule has 1 N–H and O–H groups in total. The normalized spacial score (nSPS) is 15.9. The fourth-order valence-electron chi connectivity index (χ4n) is 3.71. The van der Waals surface area contributed by atoms with Crippen LogP contribution in [0.3, 0.4) is 0 Å². The molecule has 0 fully saturated rings. The Morgan fingerprint density at radius 2 is 1.96 bits per heavy atom. The Hall–Kier alpha value is -2.38. The van der Waals surface area contributed by atoms with E-state index in [-0.39, 0.29) is 23.8 Å². The van der Waals surface area contributed by atoms with E-state index in [1.807, 2.05) is 18.2 Å². The Labute approximate surface area is 152 Å². The van der Waals surface area contributed by atoms with E-state index in [1.165, 1.54) is 0 Å². The van der Waals surface area contributed by atoms with Crippen molar-refractivity contribution in [3.05, 3.63) is 53.1 Å². The number of ether oxygens (including phenoxy) is 1. The second kappa shape index (κ2) is 6.41. The zero-order valence-electron chi connectivity index (χ0n) is 14.5. The molecule has 0 spiro atoms. The van der Waals surface area contributed by atoms with Gasteiger partial charge in [0.2, 0.25) is 15.9 Å². The molecule has 0 bridgehead atoms. The number of anilines is 1. The van der Waals surface area contributed by atoms with Crippen LogP contribution in [0.1, 0.15) is 23.1 Å². The number of hydrogen-bond acceptors (Lipinski definition) is 4. The SMILES string of the molecule is COc1ccccc1CNS(=O)(=O)c1cc2c3c(c1)CC(=O)N3CCC2. The van der Waals surface area contributed by atoms with Gasteiger partial charge in [-0.1, -0.05) is 18.2 Å². The lowest BCUT2D eigenvalue weighted by atomic mass is 10.0. The van der Waals surface area contributed by atoms with Gasteiger partial charge in [0.1, 0.15) is 5.75 Å². The summed E-state index contributed by atoms with van der Waals surface area (Å²) in [5, 5.41) is 0. The molecule has 6 nitrogen and oxygen atoms in total. The number of methoxy groups -OCH3 is 1. The summed E-state index contributed by atoms with van der Waals surface area (Å²) >= 11 is 0. The van der Waals surface area contributed by atoms with Gasteiger partial charge in [0.05, 0.1) is 24.1 Å². The van der Waals surface area contributed by atoms with Crippen molar-refractivity contribution in [2.75, 3.05) is 18.6 Å². The summed E-state index contributed by atoms with van der Waals surface area (Å²) in [7, 11) is -2.13. The summed E-state index contributed by atoms with van der Waals surface area (Å²) in [5.41, 5.74) is 3.44. The summed E-state index contributed by atoms with van der Waals surface area (Å²) in [4.78, 5) is 14.1. The van der Waals surface area contributed by atoms with Gasteiger partial charge >= 0.3 is 0 Å². The number of para-hydroxylation sites is 1. The van der Waals surface area contributed by atoms with Crippen molar-refractivity contribution in [1.82, 2.24) is 4.72 Å². The van der Waals surface area contributed by atoms with Gasteiger partial charge in [0, 0.05) is 18.7 Å². The van der Waals surface area contributed by atoms with Gasteiger partial charge in [0.25, 0.3) is 0 Å². The number of benzene rings is 2. The second-order valence-electron chi connectivity index (χ2n) is 6.55. The number of nitrogens with zero attached hydrogens (tertiary/aromatic N) is 1. The van der Waals surface area contributed by atoms with Crippen LogP contribution in [0.4, 0.5) is 5.69 Å². The van der Waals surface area contributed by atoms with Crippen molar-refractivity contribution in [3.63, 3.8) is 0 Å². The maximum atomic E-state index is 12.8. The molecule has 0 aromatic heterocycles. The third kappa shape index (κ3) is 2.87. The molecule has 2 aliphatic heterocycles. The van der Waals surface area contributed by atoms with Crippen molar-refractivity contribution >= 4 is 21.6 Å². The van der Waals surface area contributed by atoms with Gasteiger partial charge in [-0.3, -0.25) is 4.79 Å². The first-order valence-electron chi connectivity index (χ1n) is 8.57. The van der Waals surface area contributed by atoms with Crippen molar-refractivity contribution in [2.45, 2.75) is 30.7 Å². The molecular weight excluding hydrogens is 352 g/mol. The first-order chi connectivity index (χ1) is 12.5. The van der Waals surface area contributed by atoms with Gasteiger partial charge in [-0.25, -0.2) is 13.1 Å². The van der Waals surface area contributed by atoms with Crippen LogP contribution in [-0.4, -0.2) is 28.0 Å². The van der Waals surface area contributed by atoms with E-state index in [9.17, 15) is 13.2 Å². The Balaban J connectivity index is 1.63. The highest BCUT2D eigenvalue weighted by Gasteiger charge is 2.33. The number of hydrogen-bond donors (Lipinski definition) is 1. The summed E-state index contributed by atoms with van der Waals surface area (Å²) in [6.07, 6.45) is 1.93. The van der Waals surface area contributed by atoms with Crippen molar-refractivity contribution < 1.29 is 17.9 Å². The van der Waals surface area contributed by atoms with Crippen molar-refractivity contribution in [2.24, 2.45) is 0 Å². The zero-order valence-corrected chi connectivity index (χ0v) is 15.3. The van der Waals surface area contributed by atoms with Crippen molar-refractivity contribution in [3.8, 4) is 5.75 Å². The third-order valence-electron chi connectivity index (χ3n) is 4.94. The van der Waals surface area contributed by atoms with E-state index in [1.54, 1.807) is 30.2 Å². The first-order valence-corrected chi connectivity index (χ1v) is 10.1. The molecule has 2 aromatic rings. The number of carbonyl (C=O) groups is 1. The minimum Gasteiger partial charge on any atom is -0.496 e. The van der Waals surface area contributed by atoms with Crippen LogP contribution < -0.4 is 14.4 Å². The van der Waals surface area contributed by atoms with Gasteiger partial charge in [0.15, 0.2) is 0 Å². The van der Waals surface area contributed by atoms with Crippen LogP contribution in [-0.2, 0) is 34.2 Å². The Bertz CT molecular complexity index is 985. The molecule has 0 saturated carbocycles. The van der Waals surface area contributed by atoms with E-state index in [0.29, 0.717) is 5.75 Å². The average Bonchev–Trinajstić information content (AvgIpc) is 2.97. The lowest BCUT2D eigenvalue weighted by Gasteiger charge is -2.26. The number of carbonyl (C=O) groups excluding carboxylic acids is 1. The summed E-state index contributed by atoms with van der Waals surface area (Å²) < 4.78 is 33.5. The van der Waals surface area contributed by atoms with Crippen LogP contribution >= 0.6 is 0 Å². The third-order valence-corrected chi connectivity index (χ3v) is 6.32. The highest BCUT2D eigenvalue weighted by atomic mass is 32.2. The molecule has 0 radical (unpaired) electrons. The average molecular weight is 372 g/mol. The second-order valence-corrected chi connectivity index (χ2v) is 8.32. The Kier molecular flexibility index (Phi) is 4.20. The molecule has 2 aliphatic rings. The topological polar surface area (TPSA) is 75.7 Å². The highest BCUT2D eigenvalue weighted by Crippen LogP contribution is 2.38. The zero-order chi connectivity index (χ0) is 18.3. The van der Waals surface area contributed by atoms with Crippen LogP contribution in [0, 0.1) is 0 Å². The van der Waals surface area contributed by atoms with Crippen LogP contribution in [0.5, 0.6) is 5.75 Å². The van der Waals surface area contributed by atoms with E-state index < -0.39 is 10.0 Å². The van der Waals surface area contributed by atoms with Gasteiger partial charge in [-0.2, -0.15) is 0 Å². The summed E-state index contributed by atoms with van der Waals surface area (Å²) in [6.45, 7) is 0.862. The van der Waals surface area contributed by atoms with E-state index in [2.05, 4.69) is 4.72 Å². The molecule has 136 valence electrons. The molecule has 2 aromatic carbocycles. The molecular formula is C19H20N2O4S. The van der Waals surface area contributed by atoms with Gasteiger partial charge in [-0.15, -0.1) is 0 Å². The molecule has 7 heteroatoms. The van der Waals surface area contributed by atoms with E-state index in [0.717, 1.165) is 41.8 Å². The fourth-order valence-corrected chi connectivity index (χ4v) is 4.81. The van der Waals surface area contributed by atoms with E-state index in [4.69, 9.17) is 4.74 Å². The minimum atomic E-state index is -3.68. The molecule has 26 heavy (non-hydrogen) atoms. The smallest absolute Gasteiger partial charge is 0.240 e. The molecule has 0 saturated heterocycles. The van der Waals surface area contributed by atoms with Crippen molar-refractivity contribution in [1.29, 1.82) is 0 Å². The number of aryl methyl sites for hydroxylation is 1. The molecule has 0 unspecified atom stereocenters. The van der Waals surface area contributed by atoms with Crippen LogP contribution in [0.2, 0.25) is 0 Å². The maximum absolute atomic E-state index is 12.8. The van der Waals surface area contributed by atoms with Gasteiger partial charge < -0.3 is 9.64 Å². The van der Waals surface area contributed by atoms with Crippen LogP contribution in [0.15, 0.2) is 41.3 Å². The fraction of sp³-hybridized carbons (Fsp3) is 0.316. The molecule has 1 amide bonds. The Morgan fingerprint density at radius 1 is 1.19 bits per heavy atom.